The Morgan fingerprint density at radius 1 is 1.16 bits per heavy atom. The molecule has 1 amide bonds. The fourth-order valence-corrected chi connectivity index (χ4v) is 5.75. The highest BCUT2D eigenvalue weighted by atomic mass is 35.5. The van der Waals surface area contributed by atoms with Crippen molar-refractivity contribution in [2.45, 2.75) is 42.9 Å². The fraction of sp³-hybridized carbons (Fsp3) is 0.364. The molecule has 6 nitrogen and oxygen atoms in total. The van der Waals surface area contributed by atoms with Gasteiger partial charge in [-0.25, -0.2) is 13.4 Å². The maximum atomic E-state index is 12.8. The molecule has 0 spiro atoms. The number of ether oxygens (including phenoxy) is 1. The molecule has 0 atom stereocenters. The Kier molecular flexibility index (Phi) is 6.23. The van der Waals surface area contributed by atoms with Gasteiger partial charge in [0.1, 0.15) is 11.6 Å². The van der Waals surface area contributed by atoms with E-state index in [2.05, 4.69) is 4.98 Å². The van der Waals surface area contributed by atoms with Gasteiger partial charge in [-0.2, -0.15) is 0 Å². The standard InChI is InChI=1S/C22H23ClN2O4S2/c1-14(2)31(27,28)17-8-6-15(7-9-17)21(26)25-12-10-16(11-13-25)29-22-24-20-18(23)4-3-5-19(20)30-22/h3-9,14,16H,10-13H2,1-2H3. The van der Waals surface area contributed by atoms with Crippen molar-refractivity contribution in [2.24, 2.45) is 0 Å². The number of carbonyl (C=O) groups excluding carboxylic acids is 1. The molecule has 1 aromatic heterocycles. The van der Waals surface area contributed by atoms with E-state index in [9.17, 15) is 13.2 Å². The van der Waals surface area contributed by atoms with E-state index in [1.165, 1.54) is 23.5 Å². The lowest BCUT2D eigenvalue weighted by atomic mass is 10.1. The van der Waals surface area contributed by atoms with E-state index in [1.807, 2.05) is 18.2 Å². The van der Waals surface area contributed by atoms with Crippen LogP contribution in [-0.4, -0.2) is 48.7 Å². The predicted molar refractivity (Wildman–Crippen MR) is 123 cm³/mol. The number of amides is 1. The molecule has 1 aliphatic heterocycles. The van der Waals surface area contributed by atoms with Crippen molar-refractivity contribution in [3.63, 3.8) is 0 Å². The summed E-state index contributed by atoms with van der Waals surface area (Å²) < 4.78 is 31.5. The number of halogens is 1. The number of piperidine rings is 1. The van der Waals surface area contributed by atoms with Crippen LogP contribution in [0.4, 0.5) is 0 Å². The fourth-order valence-electron chi connectivity index (χ4n) is 3.51. The molecule has 0 unspecified atom stereocenters. The minimum atomic E-state index is -3.35. The molecule has 1 aliphatic rings. The van der Waals surface area contributed by atoms with Gasteiger partial charge in [0.25, 0.3) is 11.1 Å². The Morgan fingerprint density at radius 2 is 1.84 bits per heavy atom. The molecule has 1 fully saturated rings. The largest absolute Gasteiger partial charge is 0.467 e. The van der Waals surface area contributed by atoms with E-state index < -0.39 is 15.1 Å². The second kappa shape index (κ2) is 8.76. The van der Waals surface area contributed by atoms with Crippen LogP contribution >= 0.6 is 22.9 Å². The van der Waals surface area contributed by atoms with E-state index in [0.29, 0.717) is 41.7 Å². The van der Waals surface area contributed by atoms with Crippen LogP contribution in [0, 0.1) is 0 Å². The van der Waals surface area contributed by atoms with Crippen LogP contribution in [0.1, 0.15) is 37.0 Å². The zero-order valence-electron chi connectivity index (χ0n) is 17.2. The molecule has 0 bridgehead atoms. The molecule has 2 heterocycles. The molecular formula is C22H23ClN2O4S2. The number of hydrogen-bond acceptors (Lipinski definition) is 6. The summed E-state index contributed by atoms with van der Waals surface area (Å²) in [7, 11) is -3.35. The van der Waals surface area contributed by atoms with E-state index in [4.69, 9.17) is 16.3 Å². The highest BCUT2D eigenvalue weighted by Crippen LogP contribution is 2.33. The summed E-state index contributed by atoms with van der Waals surface area (Å²) >= 11 is 7.65. The molecule has 2 aromatic carbocycles. The number of nitrogens with zero attached hydrogens (tertiary/aromatic N) is 2. The molecule has 164 valence electrons. The van der Waals surface area contributed by atoms with Crippen molar-refractivity contribution >= 4 is 48.9 Å². The molecule has 31 heavy (non-hydrogen) atoms. The third-order valence-electron chi connectivity index (χ3n) is 5.40. The molecule has 3 aromatic rings. The van der Waals surface area contributed by atoms with Gasteiger partial charge in [0, 0.05) is 31.5 Å². The van der Waals surface area contributed by atoms with E-state index in [1.54, 1.807) is 30.9 Å². The molecule has 9 heteroatoms. The van der Waals surface area contributed by atoms with Gasteiger partial charge in [0.15, 0.2) is 9.84 Å². The highest BCUT2D eigenvalue weighted by molar-refractivity contribution is 7.92. The summed E-state index contributed by atoms with van der Waals surface area (Å²) in [6.07, 6.45) is 1.40. The SMILES string of the molecule is CC(C)S(=O)(=O)c1ccc(C(=O)N2CCC(Oc3nc4c(Cl)cccc4s3)CC2)cc1. The van der Waals surface area contributed by atoms with Crippen LogP contribution in [0.15, 0.2) is 47.4 Å². The van der Waals surface area contributed by atoms with Gasteiger partial charge in [0.05, 0.1) is 19.9 Å². The molecule has 4 rings (SSSR count). The number of hydrogen-bond donors (Lipinski definition) is 0. The van der Waals surface area contributed by atoms with Gasteiger partial charge in [-0.15, -0.1) is 0 Å². The minimum absolute atomic E-state index is 0.0121. The summed E-state index contributed by atoms with van der Waals surface area (Å²) in [5.41, 5.74) is 1.24. The van der Waals surface area contributed by atoms with Crippen LogP contribution in [0.2, 0.25) is 5.02 Å². The number of para-hydroxylation sites is 1. The summed E-state index contributed by atoms with van der Waals surface area (Å²) in [5.74, 6) is -0.0984. The van der Waals surface area contributed by atoms with E-state index >= 15 is 0 Å². The number of fused-ring (bicyclic) bond motifs is 1. The normalized spacial score (nSPS) is 15.5. The zero-order chi connectivity index (χ0) is 22.2. The van der Waals surface area contributed by atoms with Crippen molar-refractivity contribution in [1.29, 1.82) is 0 Å². The Balaban J connectivity index is 1.37. The first-order valence-electron chi connectivity index (χ1n) is 10.1. The summed E-state index contributed by atoms with van der Waals surface area (Å²) in [4.78, 5) is 19.3. The summed E-state index contributed by atoms with van der Waals surface area (Å²) in [5, 5.41) is 0.700. The van der Waals surface area contributed by atoms with Crippen molar-refractivity contribution in [2.75, 3.05) is 13.1 Å². The van der Waals surface area contributed by atoms with E-state index in [0.717, 1.165) is 10.2 Å². The average molecular weight is 479 g/mol. The highest BCUT2D eigenvalue weighted by Gasteiger charge is 2.26. The Hall–Kier alpha value is -2.16. The maximum Gasteiger partial charge on any atom is 0.274 e. The maximum absolute atomic E-state index is 12.8. The van der Waals surface area contributed by atoms with Crippen LogP contribution in [0.3, 0.4) is 0 Å². The third-order valence-corrected chi connectivity index (χ3v) is 8.78. The van der Waals surface area contributed by atoms with Crippen LogP contribution in [-0.2, 0) is 9.84 Å². The second-order valence-electron chi connectivity index (χ2n) is 7.79. The van der Waals surface area contributed by atoms with Gasteiger partial charge < -0.3 is 9.64 Å². The summed E-state index contributed by atoms with van der Waals surface area (Å²) in [6, 6.07) is 11.9. The number of rotatable bonds is 5. The minimum Gasteiger partial charge on any atom is -0.467 e. The van der Waals surface area contributed by atoms with Gasteiger partial charge in [-0.05, 0) is 50.2 Å². The molecular weight excluding hydrogens is 456 g/mol. The Bertz CT molecular complexity index is 1200. The number of thiazole rings is 1. The number of likely N-dealkylation sites (tertiary alicyclic amines) is 1. The van der Waals surface area contributed by atoms with E-state index in [-0.39, 0.29) is 16.9 Å². The first kappa shape index (κ1) is 22.0. The van der Waals surface area contributed by atoms with Crippen LogP contribution in [0.25, 0.3) is 10.2 Å². The van der Waals surface area contributed by atoms with Gasteiger partial charge in [-0.1, -0.05) is 29.0 Å². The number of aromatic nitrogens is 1. The van der Waals surface area contributed by atoms with Crippen molar-refractivity contribution in [1.82, 2.24) is 9.88 Å². The first-order valence-corrected chi connectivity index (χ1v) is 12.8. The molecule has 0 N–H and O–H groups in total. The molecule has 0 aliphatic carbocycles. The molecule has 1 saturated heterocycles. The summed E-state index contributed by atoms with van der Waals surface area (Å²) in [6.45, 7) is 4.43. The molecule has 0 saturated carbocycles. The van der Waals surface area contributed by atoms with Crippen LogP contribution < -0.4 is 4.74 Å². The Labute approximate surface area is 190 Å². The van der Waals surface area contributed by atoms with Crippen LogP contribution in [0.5, 0.6) is 5.19 Å². The topological polar surface area (TPSA) is 76.6 Å². The Morgan fingerprint density at radius 3 is 2.45 bits per heavy atom. The van der Waals surface area contributed by atoms with Crippen molar-refractivity contribution < 1.29 is 17.9 Å². The zero-order valence-corrected chi connectivity index (χ0v) is 19.6. The lowest BCUT2D eigenvalue weighted by Crippen LogP contribution is -2.41. The quantitative estimate of drug-likeness (QED) is 0.525. The monoisotopic (exact) mass is 478 g/mol. The second-order valence-corrected chi connectivity index (χ2v) is 11.7. The number of sulfone groups is 1. The predicted octanol–water partition coefficient (Wildman–Crippen LogP) is 4.82. The molecule has 0 radical (unpaired) electrons. The van der Waals surface area contributed by atoms with Gasteiger partial charge in [0.2, 0.25) is 0 Å². The smallest absolute Gasteiger partial charge is 0.274 e. The van der Waals surface area contributed by atoms with Gasteiger partial charge in [-0.3, -0.25) is 4.79 Å². The first-order chi connectivity index (χ1) is 14.8. The lowest BCUT2D eigenvalue weighted by Gasteiger charge is -2.31. The number of carbonyl (C=O) groups is 1. The van der Waals surface area contributed by atoms with Gasteiger partial charge >= 0.3 is 0 Å². The van der Waals surface area contributed by atoms with Crippen molar-refractivity contribution in [3.8, 4) is 5.19 Å². The average Bonchev–Trinajstić information content (AvgIpc) is 3.17. The third kappa shape index (κ3) is 4.56. The number of benzene rings is 2. The lowest BCUT2D eigenvalue weighted by molar-refractivity contribution is 0.0595. The van der Waals surface area contributed by atoms with Crippen molar-refractivity contribution in [3.05, 3.63) is 53.1 Å².